The molecular formula is C7H8S2. The molecule has 9 heavy (non-hydrogen) atoms. The Morgan fingerprint density at radius 1 is 1.44 bits per heavy atom. The zero-order valence-corrected chi connectivity index (χ0v) is 6.88. The molecule has 0 bridgehead atoms. The second kappa shape index (κ2) is 3.18. The van der Waals surface area contributed by atoms with Crippen LogP contribution in [0.2, 0.25) is 0 Å². The molecule has 0 N–H and O–H groups in total. The molecule has 0 aromatic rings. The second-order valence-corrected chi connectivity index (χ2v) is 3.25. The van der Waals surface area contributed by atoms with Crippen molar-refractivity contribution in [3.05, 3.63) is 34.1 Å². The minimum Gasteiger partial charge on any atom is -0.136 e. The largest absolute Gasteiger partial charge is 0.136 e. The van der Waals surface area contributed by atoms with E-state index in [4.69, 9.17) is 0 Å². The molecule has 0 heterocycles. The second-order valence-electron chi connectivity index (χ2n) is 1.68. The van der Waals surface area contributed by atoms with Gasteiger partial charge in [-0.3, -0.25) is 0 Å². The molecule has 0 radical (unpaired) electrons. The maximum absolute atomic E-state index is 4.27. The molecule has 0 saturated carbocycles. The van der Waals surface area contributed by atoms with Crippen LogP contribution in [0.4, 0.5) is 0 Å². The van der Waals surface area contributed by atoms with Gasteiger partial charge in [-0.15, -0.1) is 24.4 Å². The number of rotatable bonds is 1. The lowest BCUT2D eigenvalue weighted by Crippen LogP contribution is -1.68. The minimum atomic E-state index is 1.08. The molecule has 0 nitrogen and oxygen atoms in total. The predicted octanol–water partition coefficient (Wildman–Crippen LogP) is 2.62. The van der Waals surface area contributed by atoms with Gasteiger partial charge in [0.15, 0.2) is 0 Å². The summed E-state index contributed by atoms with van der Waals surface area (Å²) in [6.45, 7) is 0. The Morgan fingerprint density at radius 2 is 2.00 bits per heavy atom. The molecule has 0 atom stereocenters. The van der Waals surface area contributed by atoms with Gasteiger partial charge in [0.25, 0.3) is 0 Å². The Balaban J connectivity index is 2.81. The van der Waals surface area contributed by atoms with Crippen molar-refractivity contribution in [3.8, 4) is 0 Å². The maximum atomic E-state index is 4.27. The molecule has 0 saturated heterocycles. The van der Waals surface area contributed by atoms with E-state index in [2.05, 4.69) is 24.8 Å². The normalized spacial score (nSPS) is 15.1. The molecule has 0 aliphatic heterocycles. The molecule has 1 aliphatic rings. The smallest absolute Gasteiger partial charge is 0.0440 e. The van der Waals surface area contributed by atoms with E-state index in [0.29, 0.717) is 0 Å². The first-order valence-electron chi connectivity index (χ1n) is 2.66. The van der Waals surface area contributed by atoms with Crippen LogP contribution in [0.5, 0.6) is 0 Å². The quantitative estimate of drug-likeness (QED) is 0.569. The van der Waals surface area contributed by atoms with E-state index in [0.717, 1.165) is 4.24 Å². The summed E-state index contributed by atoms with van der Waals surface area (Å²) in [5.74, 6) is 0. The number of thiol groups is 1. The van der Waals surface area contributed by atoms with E-state index >= 15 is 0 Å². The number of allylic oxidation sites excluding steroid dienone is 5. The van der Waals surface area contributed by atoms with Crippen LogP contribution in [0.15, 0.2) is 34.1 Å². The van der Waals surface area contributed by atoms with Crippen molar-refractivity contribution in [1.82, 2.24) is 0 Å². The summed E-state index contributed by atoms with van der Waals surface area (Å²) in [6.07, 6.45) is 10.2. The molecule has 48 valence electrons. The first-order valence-corrected chi connectivity index (χ1v) is 4.34. The lowest BCUT2D eigenvalue weighted by molar-refractivity contribution is 1.81. The van der Waals surface area contributed by atoms with Crippen LogP contribution in [-0.4, -0.2) is 6.26 Å². The average molecular weight is 156 g/mol. The van der Waals surface area contributed by atoms with E-state index in [1.807, 2.05) is 18.4 Å². The van der Waals surface area contributed by atoms with Crippen molar-refractivity contribution in [1.29, 1.82) is 0 Å². The number of thioether (sulfide) groups is 1. The molecule has 1 aliphatic carbocycles. The highest BCUT2D eigenvalue weighted by Crippen LogP contribution is 2.24. The van der Waals surface area contributed by atoms with Gasteiger partial charge in [0.2, 0.25) is 0 Å². The molecule has 2 heteroatoms. The highest BCUT2D eigenvalue weighted by molar-refractivity contribution is 8.15. The number of hydrogen-bond donors (Lipinski definition) is 1. The van der Waals surface area contributed by atoms with Crippen LogP contribution < -0.4 is 0 Å². The molecule has 0 amide bonds. The fraction of sp³-hybridized carbons (Fsp3) is 0.143. The fourth-order valence-electron chi connectivity index (χ4n) is 0.634. The maximum Gasteiger partial charge on any atom is 0.0440 e. The third kappa shape index (κ3) is 1.66. The number of hydrogen-bond acceptors (Lipinski definition) is 2. The van der Waals surface area contributed by atoms with Crippen LogP contribution in [0, 0.1) is 0 Å². The van der Waals surface area contributed by atoms with Gasteiger partial charge in [-0.2, -0.15) is 0 Å². The van der Waals surface area contributed by atoms with E-state index in [-0.39, 0.29) is 0 Å². The van der Waals surface area contributed by atoms with Crippen molar-refractivity contribution >= 4 is 24.4 Å². The Hall–Kier alpha value is -0.0800. The first-order chi connectivity index (χ1) is 4.34. The standard InChI is InChI=1S/C7H8S2/c1-9-7(8)6-4-2-3-5-6/h2-5,8H,1H3. The topological polar surface area (TPSA) is 0 Å². The molecule has 0 fully saturated rings. The summed E-state index contributed by atoms with van der Waals surface area (Å²) in [6, 6.07) is 0. The van der Waals surface area contributed by atoms with Gasteiger partial charge in [0.1, 0.15) is 0 Å². The van der Waals surface area contributed by atoms with Crippen molar-refractivity contribution in [2.45, 2.75) is 0 Å². The van der Waals surface area contributed by atoms with E-state index in [1.54, 1.807) is 11.8 Å². The Kier molecular flexibility index (Phi) is 2.49. The van der Waals surface area contributed by atoms with Gasteiger partial charge in [-0.1, -0.05) is 24.3 Å². The lowest BCUT2D eigenvalue weighted by Gasteiger charge is -1.94. The van der Waals surface area contributed by atoms with Crippen LogP contribution >= 0.6 is 24.4 Å². The summed E-state index contributed by atoms with van der Waals surface area (Å²) in [5.41, 5.74) is 1.21. The van der Waals surface area contributed by atoms with Gasteiger partial charge in [0, 0.05) is 4.24 Å². The molecule has 0 aromatic heterocycles. The summed E-state index contributed by atoms with van der Waals surface area (Å²) < 4.78 is 1.08. The zero-order valence-electron chi connectivity index (χ0n) is 5.16. The molecule has 0 spiro atoms. The third-order valence-corrected chi connectivity index (χ3v) is 2.53. The average Bonchev–Trinajstić information content (AvgIpc) is 2.37. The highest BCUT2D eigenvalue weighted by Gasteiger charge is 1.96. The van der Waals surface area contributed by atoms with Crippen LogP contribution in [-0.2, 0) is 0 Å². The van der Waals surface area contributed by atoms with Crippen LogP contribution in [0.25, 0.3) is 0 Å². The Bertz CT molecular complexity index is 173. The highest BCUT2D eigenvalue weighted by atomic mass is 32.2. The Labute approximate surface area is 65.1 Å². The molecule has 1 rings (SSSR count). The summed E-state index contributed by atoms with van der Waals surface area (Å²) in [4.78, 5) is 0. The van der Waals surface area contributed by atoms with Crippen molar-refractivity contribution in [2.24, 2.45) is 0 Å². The van der Waals surface area contributed by atoms with Crippen LogP contribution in [0.1, 0.15) is 0 Å². The van der Waals surface area contributed by atoms with Crippen LogP contribution in [0.3, 0.4) is 0 Å². The van der Waals surface area contributed by atoms with Gasteiger partial charge < -0.3 is 0 Å². The molecule has 0 unspecified atom stereocenters. The van der Waals surface area contributed by atoms with Gasteiger partial charge in [0.05, 0.1) is 0 Å². The third-order valence-electron chi connectivity index (χ3n) is 1.10. The van der Waals surface area contributed by atoms with Crippen molar-refractivity contribution in [2.75, 3.05) is 6.26 Å². The zero-order chi connectivity index (χ0) is 6.69. The van der Waals surface area contributed by atoms with Gasteiger partial charge in [-0.25, -0.2) is 0 Å². The van der Waals surface area contributed by atoms with Gasteiger partial charge >= 0.3 is 0 Å². The Morgan fingerprint density at radius 3 is 2.44 bits per heavy atom. The first kappa shape index (κ1) is 7.03. The van der Waals surface area contributed by atoms with E-state index in [1.165, 1.54) is 5.57 Å². The summed E-state index contributed by atoms with van der Waals surface area (Å²) >= 11 is 5.93. The summed E-state index contributed by atoms with van der Waals surface area (Å²) in [5, 5.41) is 0. The molecule has 0 aromatic carbocycles. The fourth-order valence-corrected chi connectivity index (χ4v) is 1.16. The van der Waals surface area contributed by atoms with Crippen molar-refractivity contribution in [3.63, 3.8) is 0 Å². The lowest BCUT2D eigenvalue weighted by atomic mass is 10.3. The van der Waals surface area contributed by atoms with E-state index < -0.39 is 0 Å². The van der Waals surface area contributed by atoms with Gasteiger partial charge in [-0.05, 0) is 11.8 Å². The minimum absolute atomic E-state index is 1.08. The molecular weight excluding hydrogens is 148 g/mol. The van der Waals surface area contributed by atoms with E-state index in [9.17, 15) is 0 Å². The SMILES string of the molecule is CSC(S)=C1C=CC=C1. The predicted molar refractivity (Wildman–Crippen MR) is 47.8 cm³/mol. The summed E-state index contributed by atoms with van der Waals surface area (Å²) in [7, 11) is 0. The monoisotopic (exact) mass is 156 g/mol. The van der Waals surface area contributed by atoms with Crippen molar-refractivity contribution < 1.29 is 0 Å².